The Morgan fingerprint density at radius 3 is 2.52 bits per heavy atom. The zero-order chi connectivity index (χ0) is 18.2. The first kappa shape index (κ1) is 17.9. The van der Waals surface area contributed by atoms with Crippen molar-refractivity contribution in [3.8, 4) is 0 Å². The molecule has 1 heterocycles. The molecule has 0 aliphatic rings. The van der Waals surface area contributed by atoms with Gasteiger partial charge in [-0.1, -0.05) is 18.2 Å². The highest BCUT2D eigenvalue weighted by molar-refractivity contribution is 6.08. The second kappa shape index (κ2) is 8.39. The molecule has 128 valence electrons. The number of aromatic nitrogens is 1. The number of carbonyl (C=O) groups is 3. The average Bonchev–Trinajstić information content (AvgIpc) is 2.66. The van der Waals surface area contributed by atoms with Crippen molar-refractivity contribution < 1.29 is 19.1 Å². The molecular formula is C18H17N3O4. The maximum absolute atomic E-state index is 12.4. The highest BCUT2D eigenvalue weighted by atomic mass is 16.5. The molecule has 0 fully saturated rings. The van der Waals surface area contributed by atoms with E-state index in [1.807, 2.05) is 0 Å². The molecule has 1 aromatic heterocycles. The summed E-state index contributed by atoms with van der Waals surface area (Å²) in [6.07, 6.45) is 4.24. The van der Waals surface area contributed by atoms with Crippen LogP contribution in [0.2, 0.25) is 0 Å². The number of nitrogens with one attached hydrogen (secondary N) is 2. The number of anilines is 1. The molecule has 0 unspecified atom stereocenters. The average molecular weight is 339 g/mol. The van der Waals surface area contributed by atoms with E-state index in [4.69, 9.17) is 0 Å². The van der Waals surface area contributed by atoms with E-state index >= 15 is 0 Å². The number of hydrogen-bond acceptors (Lipinski definition) is 5. The molecule has 7 nitrogen and oxygen atoms in total. The molecule has 0 atom stereocenters. The van der Waals surface area contributed by atoms with Crippen molar-refractivity contribution in [2.24, 2.45) is 0 Å². The largest absolute Gasteiger partial charge is 0.465 e. The summed E-state index contributed by atoms with van der Waals surface area (Å²) in [6.45, 7) is 3.82. The number of carbonyl (C=O) groups excluding carboxylic acids is 3. The summed E-state index contributed by atoms with van der Waals surface area (Å²) < 4.78 is 4.69. The summed E-state index contributed by atoms with van der Waals surface area (Å²) in [5.74, 6) is -1.43. The Morgan fingerprint density at radius 1 is 1.16 bits per heavy atom. The number of hydrogen-bond donors (Lipinski definition) is 2. The van der Waals surface area contributed by atoms with Crippen molar-refractivity contribution in [1.29, 1.82) is 0 Å². The van der Waals surface area contributed by atoms with Gasteiger partial charge in [0, 0.05) is 18.9 Å². The van der Waals surface area contributed by atoms with Crippen LogP contribution >= 0.6 is 0 Å². The Hall–Kier alpha value is -3.48. The number of para-hydroxylation sites is 1. The molecule has 7 heteroatoms. The summed E-state index contributed by atoms with van der Waals surface area (Å²) >= 11 is 0. The van der Waals surface area contributed by atoms with Crippen molar-refractivity contribution in [2.75, 3.05) is 19.0 Å². The van der Waals surface area contributed by atoms with Crippen LogP contribution in [0.25, 0.3) is 0 Å². The number of pyridine rings is 1. The van der Waals surface area contributed by atoms with Gasteiger partial charge in [0.05, 0.1) is 29.5 Å². The van der Waals surface area contributed by atoms with Crippen LogP contribution in [0.1, 0.15) is 31.1 Å². The van der Waals surface area contributed by atoms with Crippen LogP contribution < -0.4 is 10.6 Å². The zero-order valence-electron chi connectivity index (χ0n) is 13.6. The van der Waals surface area contributed by atoms with Crippen LogP contribution in [0.3, 0.4) is 0 Å². The zero-order valence-corrected chi connectivity index (χ0v) is 13.6. The van der Waals surface area contributed by atoms with Gasteiger partial charge in [-0.15, -0.1) is 6.58 Å². The number of amides is 2. The lowest BCUT2D eigenvalue weighted by atomic mass is 10.1. The first-order chi connectivity index (χ1) is 12.1. The van der Waals surface area contributed by atoms with E-state index in [1.54, 1.807) is 30.3 Å². The van der Waals surface area contributed by atoms with Crippen molar-refractivity contribution in [3.63, 3.8) is 0 Å². The molecule has 2 rings (SSSR count). The smallest absolute Gasteiger partial charge is 0.339 e. The predicted octanol–water partition coefficient (Wildman–Crippen LogP) is 2.04. The Kier molecular flexibility index (Phi) is 6.00. The standard InChI is InChI=1S/C18H17N3O4/c1-3-8-20-16(22)12-9-13(11-19-10-12)17(23)21-15-7-5-4-6-14(15)18(24)25-2/h3-7,9-11H,1,8H2,2H3,(H,20,22)(H,21,23). The lowest BCUT2D eigenvalue weighted by Gasteiger charge is -2.10. The third-order valence-electron chi connectivity index (χ3n) is 3.25. The maximum atomic E-state index is 12.4. The Morgan fingerprint density at radius 2 is 1.84 bits per heavy atom. The van der Waals surface area contributed by atoms with Gasteiger partial charge in [-0.2, -0.15) is 0 Å². The fourth-order valence-electron chi connectivity index (χ4n) is 2.03. The van der Waals surface area contributed by atoms with E-state index in [-0.39, 0.29) is 22.6 Å². The summed E-state index contributed by atoms with van der Waals surface area (Å²) in [7, 11) is 1.26. The molecule has 2 aromatic rings. The van der Waals surface area contributed by atoms with Gasteiger partial charge in [-0.3, -0.25) is 14.6 Å². The van der Waals surface area contributed by atoms with Crippen LogP contribution in [0.4, 0.5) is 5.69 Å². The van der Waals surface area contributed by atoms with Gasteiger partial charge in [-0.05, 0) is 18.2 Å². The third-order valence-corrected chi connectivity index (χ3v) is 3.25. The molecule has 0 bridgehead atoms. The van der Waals surface area contributed by atoms with Gasteiger partial charge < -0.3 is 15.4 Å². The number of rotatable bonds is 6. The highest BCUT2D eigenvalue weighted by Crippen LogP contribution is 2.17. The molecule has 0 radical (unpaired) electrons. The Bertz CT molecular complexity index is 817. The van der Waals surface area contributed by atoms with Crippen molar-refractivity contribution in [1.82, 2.24) is 10.3 Å². The van der Waals surface area contributed by atoms with Crippen molar-refractivity contribution in [3.05, 3.63) is 72.1 Å². The number of methoxy groups -OCH3 is 1. The molecular weight excluding hydrogens is 322 g/mol. The first-order valence-corrected chi connectivity index (χ1v) is 7.39. The molecule has 1 aromatic carbocycles. The minimum absolute atomic E-state index is 0.186. The van der Waals surface area contributed by atoms with Gasteiger partial charge >= 0.3 is 5.97 Å². The number of nitrogens with zero attached hydrogens (tertiary/aromatic N) is 1. The number of esters is 1. The number of benzene rings is 1. The lowest BCUT2D eigenvalue weighted by Crippen LogP contribution is -2.24. The summed E-state index contributed by atoms with van der Waals surface area (Å²) in [5, 5.41) is 5.23. The Labute approximate surface area is 144 Å². The van der Waals surface area contributed by atoms with E-state index in [0.29, 0.717) is 12.2 Å². The van der Waals surface area contributed by atoms with Crippen LogP contribution in [0.15, 0.2) is 55.4 Å². The topological polar surface area (TPSA) is 97.4 Å². The highest BCUT2D eigenvalue weighted by Gasteiger charge is 2.15. The third kappa shape index (κ3) is 4.51. The first-order valence-electron chi connectivity index (χ1n) is 7.39. The molecule has 0 saturated heterocycles. The van der Waals surface area contributed by atoms with Gasteiger partial charge in [-0.25, -0.2) is 4.79 Å². The van der Waals surface area contributed by atoms with E-state index < -0.39 is 11.9 Å². The predicted molar refractivity (Wildman–Crippen MR) is 92.5 cm³/mol. The van der Waals surface area contributed by atoms with Crippen LogP contribution in [-0.2, 0) is 4.74 Å². The molecule has 0 spiro atoms. The SMILES string of the molecule is C=CCNC(=O)c1cncc(C(=O)Nc2ccccc2C(=O)OC)c1. The van der Waals surface area contributed by atoms with Gasteiger partial charge in [0.25, 0.3) is 11.8 Å². The fourth-order valence-corrected chi connectivity index (χ4v) is 2.03. The lowest BCUT2D eigenvalue weighted by molar-refractivity contribution is 0.0601. The van der Waals surface area contributed by atoms with Gasteiger partial charge in [0.1, 0.15) is 0 Å². The Balaban J connectivity index is 2.21. The maximum Gasteiger partial charge on any atom is 0.339 e. The molecule has 25 heavy (non-hydrogen) atoms. The fraction of sp³-hybridized carbons (Fsp3) is 0.111. The normalized spacial score (nSPS) is 9.80. The van der Waals surface area contributed by atoms with Crippen LogP contribution in [-0.4, -0.2) is 36.4 Å². The monoisotopic (exact) mass is 339 g/mol. The second-order valence-electron chi connectivity index (χ2n) is 4.95. The molecule has 0 aliphatic carbocycles. The molecule has 0 saturated carbocycles. The molecule has 2 N–H and O–H groups in total. The van der Waals surface area contributed by atoms with Crippen molar-refractivity contribution >= 4 is 23.5 Å². The van der Waals surface area contributed by atoms with Crippen LogP contribution in [0, 0.1) is 0 Å². The van der Waals surface area contributed by atoms with E-state index in [1.165, 1.54) is 25.6 Å². The minimum atomic E-state index is -0.563. The molecule has 2 amide bonds. The molecule has 0 aliphatic heterocycles. The van der Waals surface area contributed by atoms with Gasteiger partial charge in [0.15, 0.2) is 0 Å². The summed E-state index contributed by atoms with van der Waals surface area (Å²) in [5.41, 5.74) is 0.966. The van der Waals surface area contributed by atoms with E-state index in [9.17, 15) is 14.4 Å². The second-order valence-corrected chi connectivity index (χ2v) is 4.95. The van der Waals surface area contributed by atoms with Gasteiger partial charge in [0.2, 0.25) is 0 Å². The minimum Gasteiger partial charge on any atom is -0.465 e. The van der Waals surface area contributed by atoms with E-state index in [0.717, 1.165) is 0 Å². The number of ether oxygens (including phenoxy) is 1. The van der Waals surface area contributed by atoms with Crippen molar-refractivity contribution in [2.45, 2.75) is 0 Å². The van der Waals surface area contributed by atoms with E-state index in [2.05, 4.69) is 26.9 Å². The summed E-state index contributed by atoms with van der Waals surface area (Å²) in [6, 6.07) is 7.88. The quantitative estimate of drug-likeness (QED) is 0.620. The van der Waals surface area contributed by atoms with Crippen LogP contribution in [0.5, 0.6) is 0 Å². The summed E-state index contributed by atoms with van der Waals surface area (Å²) in [4.78, 5) is 40.0.